The molecule has 0 heterocycles. The Bertz CT molecular complexity index is 534. The molecule has 2 N–H and O–H groups in total. The van der Waals surface area contributed by atoms with Gasteiger partial charge in [0, 0.05) is 13.1 Å². The molecule has 0 radical (unpaired) electrons. The van der Waals surface area contributed by atoms with Crippen molar-refractivity contribution in [2.45, 2.75) is 52.7 Å². The molecule has 1 rings (SSSR count). The molecule has 2 unspecified atom stereocenters. The lowest BCUT2D eigenvalue weighted by atomic mass is 10.2. The number of nitrogens with one attached hydrogen (secondary N) is 2. The zero-order chi connectivity index (χ0) is 19.4. The summed E-state index contributed by atoms with van der Waals surface area (Å²) in [5.74, 6) is 0.669. The third-order valence-corrected chi connectivity index (χ3v) is 4.33. The summed E-state index contributed by atoms with van der Waals surface area (Å²) in [4.78, 5) is 6.69. The Morgan fingerprint density at radius 2 is 1.92 bits per heavy atom. The number of para-hydroxylation sites is 1. The number of nitrogens with zero attached hydrogens (tertiary/aromatic N) is 2. The van der Waals surface area contributed by atoms with Gasteiger partial charge >= 0.3 is 0 Å². The van der Waals surface area contributed by atoms with Crippen LogP contribution in [0, 0.1) is 5.82 Å². The molecule has 6 heteroatoms. The maximum atomic E-state index is 13.6. The van der Waals surface area contributed by atoms with Crippen molar-refractivity contribution in [3.8, 4) is 5.75 Å². The average Bonchev–Trinajstić information content (AvgIpc) is 2.64. The van der Waals surface area contributed by atoms with E-state index < -0.39 is 0 Å². The van der Waals surface area contributed by atoms with E-state index in [-0.39, 0.29) is 17.7 Å². The highest BCUT2D eigenvalue weighted by molar-refractivity contribution is 5.79. The average molecular weight is 367 g/mol. The fourth-order valence-corrected chi connectivity index (χ4v) is 2.70. The van der Waals surface area contributed by atoms with E-state index >= 15 is 0 Å². The summed E-state index contributed by atoms with van der Waals surface area (Å²) in [6, 6.07) is 6.78. The van der Waals surface area contributed by atoms with Crippen LogP contribution in [0.2, 0.25) is 0 Å². The van der Waals surface area contributed by atoms with E-state index in [0.717, 1.165) is 38.4 Å². The van der Waals surface area contributed by atoms with Gasteiger partial charge in [-0.1, -0.05) is 26.0 Å². The third-order valence-electron chi connectivity index (χ3n) is 4.33. The van der Waals surface area contributed by atoms with Crippen LogP contribution < -0.4 is 15.4 Å². The first kappa shape index (κ1) is 22.2. The van der Waals surface area contributed by atoms with Gasteiger partial charge in [-0.15, -0.1) is 0 Å². The minimum absolute atomic E-state index is 0.177. The van der Waals surface area contributed by atoms with Crippen LogP contribution in [0.3, 0.4) is 0 Å². The molecule has 0 saturated carbocycles. The van der Waals surface area contributed by atoms with Crippen LogP contribution in [0.4, 0.5) is 4.39 Å². The highest BCUT2D eigenvalue weighted by Crippen LogP contribution is 2.16. The molecule has 5 nitrogen and oxygen atoms in total. The van der Waals surface area contributed by atoms with Gasteiger partial charge in [0.15, 0.2) is 17.5 Å². The summed E-state index contributed by atoms with van der Waals surface area (Å²) in [5, 5.41) is 6.64. The zero-order valence-electron chi connectivity index (χ0n) is 16.9. The smallest absolute Gasteiger partial charge is 0.191 e. The Morgan fingerprint density at radius 3 is 2.54 bits per heavy atom. The Kier molecular flexibility index (Phi) is 10.7. The predicted molar refractivity (Wildman–Crippen MR) is 107 cm³/mol. The summed E-state index contributed by atoms with van der Waals surface area (Å²) in [5.41, 5.74) is 0. The van der Waals surface area contributed by atoms with Gasteiger partial charge in [-0.25, -0.2) is 4.39 Å². The van der Waals surface area contributed by atoms with Crippen molar-refractivity contribution in [1.82, 2.24) is 15.5 Å². The first-order valence-electron chi connectivity index (χ1n) is 9.60. The number of aliphatic imine (C=N–C) groups is 1. The number of ether oxygens (including phenoxy) is 1. The first-order valence-corrected chi connectivity index (χ1v) is 9.60. The molecule has 2 atom stereocenters. The van der Waals surface area contributed by atoms with Crippen LogP contribution in [0.1, 0.15) is 40.5 Å². The molecule has 0 amide bonds. The second-order valence-electron chi connectivity index (χ2n) is 6.53. The van der Waals surface area contributed by atoms with Gasteiger partial charge in [0.1, 0.15) is 6.10 Å². The van der Waals surface area contributed by atoms with Gasteiger partial charge in [0.25, 0.3) is 0 Å². The standard InChI is InChI=1S/C20H35FN4O/c1-6-25(7-2)14-10-11-16(3)24-20(22-5)23-15-17(4)26-19-13-9-8-12-18(19)21/h8-9,12-13,16-17H,6-7,10-11,14-15H2,1-5H3,(H2,22,23,24). The summed E-state index contributed by atoms with van der Waals surface area (Å²) >= 11 is 0. The van der Waals surface area contributed by atoms with Crippen LogP contribution in [0.25, 0.3) is 0 Å². The monoisotopic (exact) mass is 366 g/mol. The molecule has 0 aliphatic rings. The fourth-order valence-electron chi connectivity index (χ4n) is 2.70. The summed E-state index contributed by atoms with van der Waals surface area (Å²) in [6.45, 7) is 12.3. The number of benzene rings is 1. The van der Waals surface area contributed by atoms with E-state index in [0.29, 0.717) is 12.6 Å². The van der Waals surface area contributed by atoms with Crippen molar-refractivity contribution >= 4 is 5.96 Å². The molecular formula is C20H35FN4O. The van der Waals surface area contributed by atoms with Gasteiger partial charge < -0.3 is 20.3 Å². The minimum atomic E-state index is -0.344. The van der Waals surface area contributed by atoms with Gasteiger partial charge in [0.2, 0.25) is 0 Å². The largest absolute Gasteiger partial charge is 0.486 e. The van der Waals surface area contributed by atoms with E-state index in [1.807, 2.05) is 6.92 Å². The quantitative estimate of drug-likeness (QED) is 0.466. The molecule has 0 aliphatic heterocycles. The normalized spacial score (nSPS) is 14.2. The maximum absolute atomic E-state index is 13.6. The number of halogens is 1. The van der Waals surface area contributed by atoms with Crippen LogP contribution in [0.5, 0.6) is 5.75 Å². The van der Waals surface area contributed by atoms with E-state index in [1.54, 1.807) is 25.2 Å². The highest BCUT2D eigenvalue weighted by Gasteiger charge is 2.10. The van der Waals surface area contributed by atoms with E-state index in [2.05, 4.69) is 41.3 Å². The Hall–Kier alpha value is -1.82. The minimum Gasteiger partial charge on any atom is -0.486 e. The highest BCUT2D eigenvalue weighted by atomic mass is 19.1. The second-order valence-corrected chi connectivity index (χ2v) is 6.53. The lowest BCUT2D eigenvalue weighted by molar-refractivity contribution is 0.214. The molecule has 0 saturated heterocycles. The molecule has 148 valence electrons. The molecule has 0 spiro atoms. The van der Waals surface area contributed by atoms with Crippen LogP contribution >= 0.6 is 0 Å². The van der Waals surface area contributed by atoms with Gasteiger partial charge in [-0.2, -0.15) is 0 Å². The second kappa shape index (κ2) is 12.5. The Balaban J connectivity index is 2.32. The van der Waals surface area contributed by atoms with Crippen molar-refractivity contribution in [2.24, 2.45) is 4.99 Å². The van der Waals surface area contributed by atoms with Crippen LogP contribution in [0.15, 0.2) is 29.3 Å². The SMILES string of the molecule is CCN(CC)CCCC(C)NC(=NC)NCC(C)Oc1ccccc1F. The molecule has 0 aromatic heterocycles. The van der Waals surface area contributed by atoms with Crippen LogP contribution in [-0.2, 0) is 0 Å². The molecule has 26 heavy (non-hydrogen) atoms. The Labute approximate surface area is 158 Å². The fraction of sp³-hybridized carbons (Fsp3) is 0.650. The molecule has 0 bridgehead atoms. The van der Waals surface area contributed by atoms with Crippen molar-refractivity contribution in [1.29, 1.82) is 0 Å². The zero-order valence-corrected chi connectivity index (χ0v) is 16.9. The van der Waals surface area contributed by atoms with E-state index in [9.17, 15) is 4.39 Å². The van der Waals surface area contributed by atoms with Crippen LogP contribution in [-0.4, -0.2) is 56.2 Å². The third kappa shape index (κ3) is 8.52. The van der Waals surface area contributed by atoms with Crippen molar-refractivity contribution < 1.29 is 9.13 Å². The molecule has 0 aliphatic carbocycles. The van der Waals surface area contributed by atoms with E-state index in [1.165, 1.54) is 6.07 Å². The lowest BCUT2D eigenvalue weighted by Crippen LogP contribution is -2.45. The van der Waals surface area contributed by atoms with Crippen molar-refractivity contribution in [3.05, 3.63) is 30.1 Å². The topological polar surface area (TPSA) is 48.9 Å². The number of rotatable bonds is 11. The van der Waals surface area contributed by atoms with Gasteiger partial charge in [-0.3, -0.25) is 4.99 Å². The molecule has 1 aromatic carbocycles. The summed E-state index contributed by atoms with van der Waals surface area (Å²) in [6.07, 6.45) is 2.06. The van der Waals surface area contributed by atoms with Crippen molar-refractivity contribution in [3.63, 3.8) is 0 Å². The number of guanidine groups is 1. The first-order chi connectivity index (χ1) is 12.5. The van der Waals surface area contributed by atoms with Crippen molar-refractivity contribution in [2.75, 3.05) is 33.2 Å². The number of hydrogen-bond acceptors (Lipinski definition) is 3. The van der Waals surface area contributed by atoms with E-state index in [4.69, 9.17) is 4.74 Å². The predicted octanol–water partition coefficient (Wildman–Crippen LogP) is 3.27. The number of hydrogen-bond donors (Lipinski definition) is 2. The summed E-state index contributed by atoms with van der Waals surface area (Å²) in [7, 11) is 1.75. The molecule has 1 aromatic rings. The summed E-state index contributed by atoms with van der Waals surface area (Å²) < 4.78 is 19.3. The molecular weight excluding hydrogens is 331 g/mol. The maximum Gasteiger partial charge on any atom is 0.191 e. The van der Waals surface area contributed by atoms with Gasteiger partial charge in [-0.05, 0) is 58.5 Å². The Morgan fingerprint density at radius 1 is 1.23 bits per heavy atom. The lowest BCUT2D eigenvalue weighted by Gasteiger charge is -2.22. The molecule has 0 fully saturated rings. The van der Waals surface area contributed by atoms with Gasteiger partial charge in [0.05, 0.1) is 6.54 Å².